The van der Waals surface area contributed by atoms with Crippen LogP contribution in [0.2, 0.25) is 5.15 Å². The van der Waals surface area contributed by atoms with Crippen molar-refractivity contribution in [1.29, 1.82) is 0 Å². The van der Waals surface area contributed by atoms with E-state index in [4.69, 9.17) is 16.3 Å². The monoisotopic (exact) mass is 274 g/mol. The number of hydrogen-bond acceptors (Lipinski definition) is 3. The number of aromatic nitrogens is 1. The fourth-order valence-electron chi connectivity index (χ4n) is 2.07. The number of hydrogen-bond donors (Lipinski definition) is 1. The minimum Gasteiger partial charge on any atom is -0.491 e. The second-order valence-corrected chi connectivity index (χ2v) is 4.57. The fraction of sp³-hybridized carbons (Fsp3) is 0.143. The van der Waals surface area contributed by atoms with Gasteiger partial charge in [0.1, 0.15) is 17.5 Å². The normalized spacial score (nSPS) is 16.6. The second-order valence-electron chi connectivity index (χ2n) is 4.22. The first-order chi connectivity index (χ1) is 9.25. The third kappa shape index (κ3) is 2.27. The standard InChI is InChI=1S/C14H11ClN2O2/c15-13-10(5-3-7-16-13)14(18)17-11-8-19-12-6-2-1-4-9(11)12/h1-7,11H,8H2,(H,17,18). The van der Waals surface area contributed by atoms with E-state index in [2.05, 4.69) is 10.3 Å². The number of nitrogens with one attached hydrogen (secondary N) is 1. The zero-order valence-electron chi connectivity index (χ0n) is 9.97. The summed E-state index contributed by atoms with van der Waals surface area (Å²) in [6.45, 7) is 0.433. The molecule has 96 valence electrons. The molecule has 1 unspecified atom stereocenters. The lowest BCUT2D eigenvalue weighted by Gasteiger charge is -2.12. The van der Waals surface area contributed by atoms with Crippen LogP contribution in [0, 0.1) is 0 Å². The van der Waals surface area contributed by atoms with E-state index < -0.39 is 0 Å². The van der Waals surface area contributed by atoms with Crippen LogP contribution in [0.4, 0.5) is 0 Å². The summed E-state index contributed by atoms with van der Waals surface area (Å²) in [4.78, 5) is 16.0. The summed E-state index contributed by atoms with van der Waals surface area (Å²) in [7, 11) is 0. The van der Waals surface area contributed by atoms with E-state index in [0.29, 0.717) is 12.2 Å². The Kier molecular flexibility index (Phi) is 3.09. The number of pyridine rings is 1. The van der Waals surface area contributed by atoms with Gasteiger partial charge in [0.2, 0.25) is 0 Å². The Hall–Kier alpha value is -2.07. The van der Waals surface area contributed by atoms with E-state index in [1.165, 1.54) is 0 Å². The van der Waals surface area contributed by atoms with Crippen molar-refractivity contribution < 1.29 is 9.53 Å². The Morgan fingerprint density at radius 1 is 1.32 bits per heavy atom. The molecule has 3 rings (SSSR count). The summed E-state index contributed by atoms with van der Waals surface area (Å²) < 4.78 is 5.51. The predicted molar refractivity (Wildman–Crippen MR) is 71.4 cm³/mol. The Balaban J connectivity index is 1.81. The third-order valence-corrected chi connectivity index (χ3v) is 3.31. The fourth-order valence-corrected chi connectivity index (χ4v) is 2.28. The number of amides is 1. The zero-order valence-corrected chi connectivity index (χ0v) is 10.7. The molecule has 0 saturated carbocycles. The van der Waals surface area contributed by atoms with Crippen molar-refractivity contribution in [2.45, 2.75) is 6.04 Å². The van der Waals surface area contributed by atoms with Crippen molar-refractivity contribution >= 4 is 17.5 Å². The van der Waals surface area contributed by atoms with E-state index in [-0.39, 0.29) is 17.1 Å². The molecule has 1 amide bonds. The van der Waals surface area contributed by atoms with Gasteiger partial charge >= 0.3 is 0 Å². The van der Waals surface area contributed by atoms with Crippen molar-refractivity contribution in [2.75, 3.05) is 6.61 Å². The molecule has 1 aliphatic heterocycles. The van der Waals surface area contributed by atoms with Crippen LogP contribution in [0.5, 0.6) is 5.75 Å². The molecular formula is C14H11ClN2O2. The van der Waals surface area contributed by atoms with Crippen LogP contribution in [-0.4, -0.2) is 17.5 Å². The van der Waals surface area contributed by atoms with Crippen LogP contribution < -0.4 is 10.1 Å². The summed E-state index contributed by atoms with van der Waals surface area (Å²) in [6.07, 6.45) is 1.55. The minimum atomic E-state index is -0.247. The number of halogens is 1. The maximum absolute atomic E-state index is 12.1. The molecule has 4 nitrogen and oxygen atoms in total. The largest absolute Gasteiger partial charge is 0.491 e. The molecule has 1 aromatic heterocycles. The van der Waals surface area contributed by atoms with E-state index >= 15 is 0 Å². The molecule has 1 aromatic carbocycles. The number of para-hydroxylation sites is 1. The van der Waals surface area contributed by atoms with Gasteiger partial charge < -0.3 is 10.1 Å². The molecular weight excluding hydrogens is 264 g/mol. The second kappa shape index (κ2) is 4.90. The number of benzene rings is 1. The van der Waals surface area contributed by atoms with Crippen LogP contribution in [0.25, 0.3) is 0 Å². The Bertz CT molecular complexity index is 630. The highest BCUT2D eigenvalue weighted by atomic mass is 35.5. The molecule has 5 heteroatoms. The molecule has 1 aliphatic rings. The molecule has 0 radical (unpaired) electrons. The molecule has 0 saturated heterocycles. The van der Waals surface area contributed by atoms with Crippen molar-refractivity contribution in [2.24, 2.45) is 0 Å². The van der Waals surface area contributed by atoms with Crippen LogP contribution in [0.15, 0.2) is 42.6 Å². The van der Waals surface area contributed by atoms with Crippen molar-refractivity contribution in [3.8, 4) is 5.75 Å². The van der Waals surface area contributed by atoms with Crippen LogP contribution >= 0.6 is 11.6 Å². The molecule has 0 aliphatic carbocycles. The van der Waals surface area contributed by atoms with E-state index in [1.807, 2.05) is 24.3 Å². The molecule has 0 spiro atoms. The van der Waals surface area contributed by atoms with Gasteiger partial charge in [0.15, 0.2) is 0 Å². The topological polar surface area (TPSA) is 51.2 Å². The molecule has 19 heavy (non-hydrogen) atoms. The maximum atomic E-state index is 12.1. The van der Waals surface area contributed by atoms with Gasteiger partial charge in [-0.3, -0.25) is 4.79 Å². The maximum Gasteiger partial charge on any atom is 0.255 e. The van der Waals surface area contributed by atoms with E-state index in [0.717, 1.165) is 11.3 Å². The van der Waals surface area contributed by atoms with Crippen molar-refractivity contribution in [3.05, 3.63) is 58.9 Å². The first-order valence-corrected chi connectivity index (χ1v) is 6.26. The van der Waals surface area contributed by atoms with Crippen LogP contribution in [0.3, 0.4) is 0 Å². The van der Waals surface area contributed by atoms with Crippen LogP contribution in [-0.2, 0) is 0 Å². The number of carbonyl (C=O) groups is 1. The van der Waals surface area contributed by atoms with Crippen molar-refractivity contribution in [1.82, 2.24) is 10.3 Å². The smallest absolute Gasteiger partial charge is 0.255 e. The molecule has 1 atom stereocenters. The van der Waals surface area contributed by atoms with Gasteiger partial charge in [-0.15, -0.1) is 0 Å². The number of fused-ring (bicyclic) bond motifs is 1. The summed E-state index contributed by atoms with van der Waals surface area (Å²) in [6, 6.07) is 10.8. The highest BCUT2D eigenvalue weighted by molar-refractivity contribution is 6.32. The Morgan fingerprint density at radius 3 is 3.00 bits per heavy atom. The van der Waals surface area contributed by atoms with Gasteiger partial charge in [-0.1, -0.05) is 29.8 Å². The first kappa shape index (κ1) is 12.0. The minimum absolute atomic E-state index is 0.153. The average Bonchev–Trinajstić information content (AvgIpc) is 2.83. The van der Waals surface area contributed by atoms with Gasteiger partial charge in [-0.2, -0.15) is 0 Å². The summed E-state index contributed by atoms with van der Waals surface area (Å²) in [5.74, 6) is 0.563. The van der Waals surface area contributed by atoms with Gasteiger partial charge in [0.25, 0.3) is 5.91 Å². The van der Waals surface area contributed by atoms with E-state index in [1.54, 1.807) is 18.3 Å². The van der Waals surface area contributed by atoms with Crippen molar-refractivity contribution in [3.63, 3.8) is 0 Å². The summed E-state index contributed by atoms with van der Waals surface area (Å²) in [5.41, 5.74) is 1.35. The zero-order chi connectivity index (χ0) is 13.2. The molecule has 0 fully saturated rings. The average molecular weight is 275 g/mol. The van der Waals surface area contributed by atoms with Crippen LogP contribution in [0.1, 0.15) is 22.0 Å². The number of carbonyl (C=O) groups excluding carboxylic acids is 1. The van der Waals surface area contributed by atoms with E-state index in [9.17, 15) is 4.79 Å². The lowest BCUT2D eigenvalue weighted by molar-refractivity contribution is 0.0930. The lowest BCUT2D eigenvalue weighted by Crippen LogP contribution is -2.29. The molecule has 1 N–H and O–H groups in total. The SMILES string of the molecule is O=C(NC1COc2ccccc21)c1cccnc1Cl. The molecule has 2 heterocycles. The Labute approximate surface area is 115 Å². The molecule has 2 aromatic rings. The summed E-state index contributed by atoms with van der Waals surface area (Å²) in [5, 5.41) is 3.10. The number of ether oxygens (including phenoxy) is 1. The highest BCUT2D eigenvalue weighted by Crippen LogP contribution is 2.31. The first-order valence-electron chi connectivity index (χ1n) is 5.89. The summed E-state index contributed by atoms with van der Waals surface area (Å²) >= 11 is 5.90. The lowest BCUT2D eigenvalue weighted by atomic mass is 10.1. The number of nitrogens with zero attached hydrogens (tertiary/aromatic N) is 1. The van der Waals surface area contributed by atoms with Gasteiger partial charge in [-0.05, 0) is 18.2 Å². The van der Waals surface area contributed by atoms with Gasteiger partial charge in [-0.25, -0.2) is 4.98 Å². The Morgan fingerprint density at radius 2 is 2.16 bits per heavy atom. The van der Waals surface area contributed by atoms with Gasteiger partial charge in [0, 0.05) is 11.8 Å². The highest BCUT2D eigenvalue weighted by Gasteiger charge is 2.26. The predicted octanol–water partition coefficient (Wildman–Crippen LogP) is 2.60. The molecule has 0 bridgehead atoms. The van der Waals surface area contributed by atoms with Gasteiger partial charge in [0.05, 0.1) is 11.6 Å². The quantitative estimate of drug-likeness (QED) is 0.857. The number of rotatable bonds is 2. The third-order valence-electron chi connectivity index (χ3n) is 3.01.